The van der Waals surface area contributed by atoms with Crippen LogP contribution >= 0.6 is 0 Å². The zero-order chi connectivity index (χ0) is 14.1. The van der Waals surface area contributed by atoms with Crippen molar-refractivity contribution in [1.82, 2.24) is 0 Å². The summed E-state index contributed by atoms with van der Waals surface area (Å²) in [6.45, 7) is 10.5. The maximum atomic E-state index is 10.4. The van der Waals surface area contributed by atoms with Gasteiger partial charge in [0.05, 0.1) is 0 Å². The molecule has 0 radical (unpaired) electrons. The molecule has 0 aromatic rings. The normalized spacial score (nSPS) is 13.7. The van der Waals surface area contributed by atoms with Gasteiger partial charge in [0.25, 0.3) is 0 Å². The topological polar surface area (TPSA) is 37.3 Å². The smallest absolute Gasteiger partial charge is 0.328 e. The van der Waals surface area contributed by atoms with Crippen molar-refractivity contribution in [1.29, 1.82) is 0 Å². The number of carbonyl (C=O) groups is 1. The Balaban J connectivity index is 4.05. The molecule has 0 saturated heterocycles. The van der Waals surface area contributed by atoms with Crippen molar-refractivity contribution in [3.8, 4) is 0 Å². The van der Waals surface area contributed by atoms with Crippen LogP contribution in [0.4, 0.5) is 0 Å². The van der Waals surface area contributed by atoms with Gasteiger partial charge in [0.1, 0.15) is 0 Å². The minimum atomic E-state index is -0.885. The van der Waals surface area contributed by atoms with E-state index in [4.69, 9.17) is 5.11 Å². The maximum absolute atomic E-state index is 10.4. The Morgan fingerprint density at radius 2 is 1.83 bits per heavy atom. The number of carboxylic acids is 1. The molecule has 0 aliphatic heterocycles. The Hall–Kier alpha value is -1.31. The van der Waals surface area contributed by atoms with E-state index in [9.17, 15) is 4.79 Å². The summed E-state index contributed by atoms with van der Waals surface area (Å²) in [6, 6.07) is 0. The van der Waals surface area contributed by atoms with Gasteiger partial charge in [0, 0.05) is 6.08 Å². The van der Waals surface area contributed by atoms with E-state index in [0.29, 0.717) is 5.92 Å². The van der Waals surface area contributed by atoms with Gasteiger partial charge < -0.3 is 5.11 Å². The van der Waals surface area contributed by atoms with E-state index in [0.717, 1.165) is 18.4 Å². The van der Waals surface area contributed by atoms with Crippen LogP contribution in [0.2, 0.25) is 0 Å². The molecule has 0 bridgehead atoms. The number of allylic oxidation sites excluding steroid dienone is 5. The largest absolute Gasteiger partial charge is 0.478 e. The first kappa shape index (κ1) is 16.7. The third-order valence-corrected chi connectivity index (χ3v) is 3.14. The molecule has 18 heavy (non-hydrogen) atoms. The van der Waals surface area contributed by atoms with Crippen LogP contribution in [-0.4, -0.2) is 11.1 Å². The summed E-state index contributed by atoms with van der Waals surface area (Å²) in [5.74, 6) is -0.252. The van der Waals surface area contributed by atoms with Gasteiger partial charge in [-0.15, -0.1) is 0 Å². The second-order valence-electron chi connectivity index (χ2n) is 5.29. The number of carboxylic acid groups (broad SMARTS) is 1. The summed E-state index contributed by atoms with van der Waals surface area (Å²) in [7, 11) is 0. The average molecular weight is 250 g/mol. The first-order valence-electron chi connectivity index (χ1n) is 6.53. The third-order valence-electron chi connectivity index (χ3n) is 3.14. The van der Waals surface area contributed by atoms with Crippen molar-refractivity contribution in [3.05, 3.63) is 34.9 Å². The second-order valence-corrected chi connectivity index (χ2v) is 5.29. The molecule has 0 heterocycles. The van der Waals surface area contributed by atoms with Gasteiger partial charge in [-0.25, -0.2) is 4.79 Å². The van der Waals surface area contributed by atoms with Crippen molar-refractivity contribution in [2.75, 3.05) is 0 Å². The molecule has 0 aliphatic rings. The Morgan fingerprint density at radius 3 is 2.33 bits per heavy atom. The van der Waals surface area contributed by atoms with Crippen LogP contribution in [0, 0.1) is 5.92 Å². The monoisotopic (exact) mass is 250 g/mol. The molecule has 2 heteroatoms. The van der Waals surface area contributed by atoms with Crippen LogP contribution in [0.5, 0.6) is 0 Å². The lowest BCUT2D eigenvalue weighted by Gasteiger charge is -2.09. The highest BCUT2D eigenvalue weighted by atomic mass is 16.4. The van der Waals surface area contributed by atoms with Gasteiger partial charge in [-0.1, -0.05) is 30.2 Å². The molecule has 0 rings (SSSR count). The Bertz CT molecular complexity index is 355. The molecule has 0 saturated carbocycles. The minimum absolute atomic E-state index is 0.633. The van der Waals surface area contributed by atoms with E-state index >= 15 is 0 Å². The fraction of sp³-hybridized carbons (Fsp3) is 0.562. The van der Waals surface area contributed by atoms with Gasteiger partial charge in [0.15, 0.2) is 0 Å². The molecule has 2 nitrogen and oxygen atoms in total. The van der Waals surface area contributed by atoms with Crippen LogP contribution in [-0.2, 0) is 4.79 Å². The molecule has 0 aliphatic carbocycles. The predicted octanol–water partition coefficient (Wildman–Crippen LogP) is 4.74. The predicted molar refractivity (Wildman–Crippen MR) is 77.6 cm³/mol. The number of rotatable bonds is 7. The number of hydrogen-bond acceptors (Lipinski definition) is 1. The van der Waals surface area contributed by atoms with Crippen molar-refractivity contribution in [3.63, 3.8) is 0 Å². The molecular formula is C16H26O2. The first-order valence-corrected chi connectivity index (χ1v) is 6.53. The molecule has 0 spiro atoms. The summed E-state index contributed by atoms with van der Waals surface area (Å²) >= 11 is 0. The molecule has 1 unspecified atom stereocenters. The van der Waals surface area contributed by atoms with Crippen LogP contribution in [0.1, 0.15) is 53.9 Å². The number of hydrogen-bond donors (Lipinski definition) is 1. The fourth-order valence-corrected chi connectivity index (χ4v) is 1.56. The summed E-state index contributed by atoms with van der Waals surface area (Å²) < 4.78 is 0. The summed E-state index contributed by atoms with van der Waals surface area (Å²) in [4.78, 5) is 10.4. The zero-order valence-corrected chi connectivity index (χ0v) is 12.3. The highest BCUT2D eigenvalue weighted by molar-refractivity contribution is 5.81. The van der Waals surface area contributed by atoms with E-state index in [1.807, 2.05) is 13.0 Å². The second kappa shape index (κ2) is 8.73. The molecule has 0 aromatic carbocycles. The standard InChI is InChI=1S/C16H26O2/c1-12(2)15(5)10-9-13(3)7-6-8-14(4)11-16(17)18/h6,8,11,13H,7,9-10H2,1-5H3,(H,17,18). The maximum Gasteiger partial charge on any atom is 0.328 e. The molecule has 0 aromatic heterocycles. The van der Waals surface area contributed by atoms with Crippen molar-refractivity contribution in [2.24, 2.45) is 5.92 Å². The van der Waals surface area contributed by atoms with Crippen molar-refractivity contribution < 1.29 is 9.90 Å². The van der Waals surface area contributed by atoms with E-state index in [1.165, 1.54) is 23.6 Å². The Kier molecular flexibility index (Phi) is 8.10. The van der Waals surface area contributed by atoms with E-state index in [-0.39, 0.29) is 0 Å². The highest BCUT2D eigenvalue weighted by Crippen LogP contribution is 2.17. The molecule has 0 fully saturated rings. The van der Waals surface area contributed by atoms with Crippen molar-refractivity contribution >= 4 is 5.97 Å². The summed E-state index contributed by atoms with van der Waals surface area (Å²) in [5, 5.41) is 8.57. The molecule has 102 valence electrons. The van der Waals surface area contributed by atoms with Gasteiger partial charge >= 0.3 is 5.97 Å². The third kappa shape index (κ3) is 8.80. The molecule has 1 atom stereocenters. The minimum Gasteiger partial charge on any atom is -0.478 e. The van der Waals surface area contributed by atoms with Gasteiger partial charge in [-0.05, 0) is 58.4 Å². The first-order chi connectivity index (χ1) is 8.32. The van der Waals surface area contributed by atoms with Crippen molar-refractivity contribution in [2.45, 2.75) is 53.9 Å². The molecule has 1 N–H and O–H groups in total. The molecular weight excluding hydrogens is 224 g/mol. The van der Waals surface area contributed by atoms with E-state index < -0.39 is 5.97 Å². The fourth-order valence-electron chi connectivity index (χ4n) is 1.56. The van der Waals surface area contributed by atoms with Gasteiger partial charge in [-0.2, -0.15) is 0 Å². The van der Waals surface area contributed by atoms with Crippen LogP contribution in [0.3, 0.4) is 0 Å². The summed E-state index contributed by atoms with van der Waals surface area (Å²) in [6.07, 6.45) is 8.52. The lowest BCUT2D eigenvalue weighted by Crippen LogP contribution is -1.94. The van der Waals surface area contributed by atoms with Crippen LogP contribution < -0.4 is 0 Å². The lowest BCUT2D eigenvalue weighted by molar-refractivity contribution is -0.131. The summed E-state index contributed by atoms with van der Waals surface area (Å²) in [5.41, 5.74) is 3.68. The average Bonchev–Trinajstić information content (AvgIpc) is 2.24. The molecule has 0 amide bonds. The van der Waals surface area contributed by atoms with Gasteiger partial charge in [-0.3, -0.25) is 0 Å². The van der Waals surface area contributed by atoms with Crippen LogP contribution in [0.15, 0.2) is 34.9 Å². The Morgan fingerprint density at radius 1 is 1.22 bits per heavy atom. The highest BCUT2D eigenvalue weighted by Gasteiger charge is 2.01. The zero-order valence-electron chi connectivity index (χ0n) is 12.3. The van der Waals surface area contributed by atoms with E-state index in [2.05, 4.69) is 33.8 Å². The SMILES string of the molecule is CC(C=CCC(C)CCC(C)=C(C)C)=CC(=O)O. The van der Waals surface area contributed by atoms with Gasteiger partial charge in [0.2, 0.25) is 0 Å². The Labute approximate surface area is 111 Å². The quantitative estimate of drug-likeness (QED) is 0.402. The number of aliphatic carboxylic acids is 1. The van der Waals surface area contributed by atoms with Crippen LogP contribution in [0.25, 0.3) is 0 Å². The van der Waals surface area contributed by atoms with E-state index in [1.54, 1.807) is 0 Å². The lowest BCUT2D eigenvalue weighted by atomic mass is 9.97.